The van der Waals surface area contributed by atoms with E-state index in [9.17, 15) is 18.0 Å². The number of imidazole rings is 1. The number of carbonyl (C=O) groups excluding carboxylic acids is 1. The van der Waals surface area contributed by atoms with Gasteiger partial charge in [-0.15, -0.1) is 0 Å². The summed E-state index contributed by atoms with van der Waals surface area (Å²) in [5, 5.41) is 7.58. The Morgan fingerprint density at radius 3 is 2.62 bits per heavy atom. The fourth-order valence-corrected chi connectivity index (χ4v) is 7.35. The molecule has 1 atom stereocenters. The number of aromatic nitrogens is 4. The minimum Gasteiger partial charge on any atom is -0.383 e. The van der Waals surface area contributed by atoms with Crippen LogP contribution in [0.15, 0.2) is 60.1 Å². The molecule has 0 aliphatic carbocycles. The van der Waals surface area contributed by atoms with E-state index in [0.717, 1.165) is 64.0 Å². The minimum absolute atomic E-state index is 0.0489. The number of likely N-dealkylation sites (tertiary alicyclic amines) is 1. The van der Waals surface area contributed by atoms with Crippen LogP contribution in [0.3, 0.4) is 0 Å². The van der Waals surface area contributed by atoms with Crippen molar-refractivity contribution in [2.24, 2.45) is 4.99 Å². The predicted molar refractivity (Wildman–Crippen MR) is 178 cm³/mol. The number of nitrogens with one attached hydrogen (secondary N) is 1. The third kappa shape index (κ3) is 6.30. The van der Waals surface area contributed by atoms with Gasteiger partial charge in [0.15, 0.2) is 6.04 Å². The van der Waals surface area contributed by atoms with Gasteiger partial charge < -0.3 is 19.5 Å². The summed E-state index contributed by atoms with van der Waals surface area (Å²) in [6, 6.07) is 8.08. The lowest BCUT2D eigenvalue weighted by atomic mass is 9.87. The number of ether oxygens (including phenoxy) is 1. The number of benzene rings is 2. The lowest BCUT2D eigenvalue weighted by Gasteiger charge is -2.32. The highest BCUT2D eigenvalue weighted by molar-refractivity contribution is 6.01. The Kier molecular flexibility index (Phi) is 8.95. The van der Waals surface area contributed by atoms with Crippen molar-refractivity contribution in [3.63, 3.8) is 0 Å². The van der Waals surface area contributed by atoms with Gasteiger partial charge in [-0.3, -0.25) is 9.48 Å². The van der Waals surface area contributed by atoms with Crippen LogP contribution in [-0.2, 0) is 28.7 Å². The van der Waals surface area contributed by atoms with E-state index >= 15 is 0 Å². The average molecular weight is 660 g/mol. The molecule has 1 N–H and O–H groups in total. The largest absolute Gasteiger partial charge is 0.417 e. The number of carbonyl (C=O) groups is 1. The summed E-state index contributed by atoms with van der Waals surface area (Å²) < 4.78 is 52.8. The van der Waals surface area contributed by atoms with Gasteiger partial charge in [-0.05, 0) is 86.4 Å². The van der Waals surface area contributed by atoms with Crippen molar-refractivity contribution < 1.29 is 22.7 Å². The number of fused-ring (bicyclic) bond motifs is 2. The zero-order chi connectivity index (χ0) is 33.4. The number of hydrogen-bond donors (Lipinski definition) is 1. The molecule has 12 heteroatoms. The number of allylic oxidation sites excluding steroid dienone is 1. The molecule has 48 heavy (non-hydrogen) atoms. The Balaban J connectivity index is 1.25. The van der Waals surface area contributed by atoms with Gasteiger partial charge in [-0.1, -0.05) is 30.3 Å². The molecule has 9 nitrogen and oxygen atoms in total. The first-order valence-electron chi connectivity index (χ1n) is 16.7. The Hall–Kier alpha value is -4.29. The molecule has 1 unspecified atom stereocenters. The monoisotopic (exact) mass is 659 g/mol. The third-order valence-corrected chi connectivity index (χ3v) is 9.98. The highest BCUT2D eigenvalue weighted by atomic mass is 19.4. The van der Waals surface area contributed by atoms with Crippen LogP contribution in [0.5, 0.6) is 0 Å². The van der Waals surface area contributed by atoms with Crippen LogP contribution in [0, 0.1) is 6.92 Å². The second-order valence-corrected chi connectivity index (χ2v) is 13.0. The summed E-state index contributed by atoms with van der Waals surface area (Å²) in [7, 11) is 1.71. The Morgan fingerprint density at radius 1 is 1.12 bits per heavy atom. The summed E-state index contributed by atoms with van der Waals surface area (Å²) in [5.41, 5.74) is 3.79. The molecule has 2 aromatic heterocycles. The number of aliphatic imine (C=N–C) groups is 1. The molecule has 1 saturated heterocycles. The van der Waals surface area contributed by atoms with E-state index in [0.29, 0.717) is 47.2 Å². The molecule has 3 aliphatic heterocycles. The van der Waals surface area contributed by atoms with Crippen LogP contribution in [0.1, 0.15) is 72.1 Å². The summed E-state index contributed by atoms with van der Waals surface area (Å²) >= 11 is 0. The number of hydrogen-bond acceptors (Lipinski definition) is 6. The van der Waals surface area contributed by atoms with Gasteiger partial charge in [0.05, 0.1) is 29.7 Å². The number of piperidine rings is 1. The summed E-state index contributed by atoms with van der Waals surface area (Å²) in [4.78, 5) is 25.2. The zero-order valence-electron chi connectivity index (χ0n) is 27.3. The van der Waals surface area contributed by atoms with Crippen molar-refractivity contribution in [2.75, 3.05) is 33.4 Å². The Morgan fingerprint density at radius 2 is 1.92 bits per heavy atom. The molecule has 5 heterocycles. The van der Waals surface area contributed by atoms with Gasteiger partial charge >= 0.3 is 6.18 Å². The van der Waals surface area contributed by atoms with E-state index in [1.165, 1.54) is 22.5 Å². The number of amides is 1. The van der Waals surface area contributed by atoms with Gasteiger partial charge in [-0.25, -0.2) is 9.98 Å². The molecule has 0 saturated carbocycles. The number of aryl methyl sites for hydroxylation is 2. The van der Waals surface area contributed by atoms with Gasteiger partial charge in [0.2, 0.25) is 0 Å². The highest BCUT2D eigenvalue weighted by Gasteiger charge is 2.37. The molecular formula is C36H40F3N7O2. The summed E-state index contributed by atoms with van der Waals surface area (Å²) in [5.74, 6) is 0.484. The van der Waals surface area contributed by atoms with E-state index in [1.54, 1.807) is 26.6 Å². The maximum Gasteiger partial charge on any atom is 0.417 e. The molecule has 252 valence electrons. The number of rotatable bonds is 8. The van der Waals surface area contributed by atoms with Crippen LogP contribution in [0.25, 0.3) is 22.0 Å². The lowest BCUT2D eigenvalue weighted by molar-refractivity contribution is -0.136. The Bertz CT molecular complexity index is 1860. The number of nitrogens with zero attached hydrogens (tertiary/aromatic N) is 6. The average Bonchev–Trinajstić information content (AvgIpc) is 3.83. The van der Waals surface area contributed by atoms with E-state index < -0.39 is 23.7 Å². The van der Waals surface area contributed by atoms with Crippen LogP contribution < -0.4 is 5.32 Å². The first-order chi connectivity index (χ1) is 23.2. The third-order valence-electron chi connectivity index (χ3n) is 9.98. The molecule has 1 amide bonds. The molecule has 3 aliphatic rings. The van der Waals surface area contributed by atoms with Gasteiger partial charge in [0, 0.05) is 50.1 Å². The fourth-order valence-electron chi connectivity index (χ4n) is 7.35. The predicted octanol–water partition coefficient (Wildman–Crippen LogP) is 6.41. The standard InChI is InChI=1S/C36H40F3N7O2/c1-23-27(26-10-8-24(9-11-26)25-12-16-44(17-13-25)18-19-48-2)20-29(36(37,38)39)28-21-46(43-32(23)28)34(33-30-6-5-15-45(30)22-41-33)35(47)42-31-7-3-4-14-40-31/h4,8-11,14,20-22,25,34H,3,5-7,12-13,15-19H2,1-2H3,(H,40,42,47). The number of amidine groups is 1. The first kappa shape index (κ1) is 32.3. The van der Waals surface area contributed by atoms with Crippen molar-refractivity contribution in [3.05, 3.63) is 83.2 Å². The van der Waals surface area contributed by atoms with Crippen molar-refractivity contribution >= 4 is 22.6 Å². The van der Waals surface area contributed by atoms with Gasteiger partial charge in [-0.2, -0.15) is 18.3 Å². The molecule has 4 aromatic rings. The van der Waals surface area contributed by atoms with Crippen molar-refractivity contribution in [3.8, 4) is 11.1 Å². The fraction of sp³-hybridized carbons (Fsp3) is 0.444. The maximum absolute atomic E-state index is 14.7. The number of alkyl halides is 3. The van der Waals surface area contributed by atoms with Crippen molar-refractivity contribution in [2.45, 2.75) is 70.1 Å². The summed E-state index contributed by atoms with van der Waals surface area (Å²) in [6.45, 7) is 6.20. The molecule has 2 aromatic carbocycles. The Labute approximate surface area is 277 Å². The van der Waals surface area contributed by atoms with E-state index in [2.05, 4.69) is 20.2 Å². The summed E-state index contributed by atoms with van der Waals surface area (Å²) in [6.07, 6.45) is 6.96. The first-order valence-corrected chi connectivity index (χ1v) is 16.7. The molecule has 0 bridgehead atoms. The molecule has 1 fully saturated rings. The van der Waals surface area contributed by atoms with E-state index in [4.69, 9.17) is 9.84 Å². The minimum atomic E-state index is -4.64. The van der Waals surface area contributed by atoms with E-state index in [1.807, 2.05) is 34.9 Å². The van der Waals surface area contributed by atoms with Crippen molar-refractivity contribution in [1.82, 2.24) is 29.5 Å². The number of methoxy groups -OCH3 is 1. The number of halogens is 3. The maximum atomic E-state index is 14.7. The molecule has 7 rings (SSSR count). The van der Waals surface area contributed by atoms with Crippen molar-refractivity contribution in [1.29, 1.82) is 0 Å². The normalized spacial score (nSPS) is 17.9. The second kappa shape index (κ2) is 13.3. The van der Waals surface area contributed by atoms with E-state index in [-0.39, 0.29) is 10.9 Å². The SMILES string of the molecule is COCCN1CCC(c2ccc(-c3cc(C(F)(F)F)c4cn(C(C(=O)NC5=NC=CCC5)c5ncn6c5CCC6)nc4c3C)cc2)CC1. The van der Waals surface area contributed by atoms with Crippen LogP contribution in [-0.4, -0.2) is 69.3 Å². The molecular weight excluding hydrogens is 619 g/mol. The smallest absolute Gasteiger partial charge is 0.383 e. The zero-order valence-corrected chi connectivity index (χ0v) is 27.3. The molecule has 0 spiro atoms. The highest BCUT2D eigenvalue weighted by Crippen LogP contribution is 2.41. The van der Waals surface area contributed by atoms with Crippen LogP contribution >= 0.6 is 0 Å². The second-order valence-electron chi connectivity index (χ2n) is 13.0. The van der Waals surface area contributed by atoms with Crippen LogP contribution in [0.2, 0.25) is 0 Å². The molecule has 0 radical (unpaired) electrons. The van der Waals surface area contributed by atoms with Crippen LogP contribution in [0.4, 0.5) is 13.2 Å². The van der Waals surface area contributed by atoms with Gasteiger partial charge in [0.25, 0.3) is 5.91 Å². The van der Waals surface area contributed by atoms with Gasteiger partial charge in [0.1, 0.15) is 5.84 Å². The lowest BCUT2D eigenvalue weighted by Crippen LogP contribution is -2.38. The quantitative estimate of drug-likeness (QED) is 0.236. The topological polar surface area (TPSA) is 89.6 Å².